The molecule has 0 radical (unpaired) electrons. The number of rotatable bonds is 1. The molecule has 5 aromatic carbocycles. The first-order valence-corrected chi connectivity index (χ1v) is 8.64. The molecule has 0 heterocycles. The van der Waals surface area contributed by atoms with Gasteiger partial charge in [0.1, 0.15) is 0 Å². The third kappa shape index (κ3) is 2.04. The number of hydrogen-bond donors (Lipinski definition) is 1. The van der Waals surface area contributed by atoms with E-state index in [2.05, 4.69) is 66.7 Å². The summed E-state index contributed by atoms with van der Waals surface area (Å²) in [6, 6.07) is 27.3. The molecule has 0 atom stereocenters. The van der Waals surface area contributed by atoms with E-state index in [-0.39, 0.29) is 5.05 Å². The van der Waals surface area contributed by atoms with Gasteiger partial charge in [-0.15, -0.1) is 0 Å². The molecular weight excluding hydrogens is 324 g/mol. The summed E-state index contributed by atoms with van der Waals surface area (Å²) >= 11 is 5.07. The zero-order valence-corrected chi connectivity index (χ0v) is 14.2. The van der Waals surface area contributed by atoms with Gasteiger partial charge in [-0.2, -0.15) is 0 Å². The van der Waals surface area contributed by atoms with E-state index in [1.54, 1.807) is 0 Å². The zero-order valence-electron chi connectivity index (χ0n) is 13.4. The predicted octanol–water partition coefficient (Wildman–Crippen LogP) is 6.53. The number of benzene rings is 5. The molecule has 0 aliphatic carbocycles. The number of hydrogen-bond acceptors (Lipinski definition) is 1. The molecule has 5 aromatic rings. The lowest BCUT2D eigenvalue weighted by Gasteiger charge is -2.12. The highest BCUT2D eigenvalue weighted by Crippen LogP contribution is 2.35. The average molecular weight is 338 g/mol. The summed E-state index contributed by atoms with van der Waals surface area (Å²) in [5.74, 6) is 0. The molecule has 0 bridgehead atoms. The Morgan fingerprint density at radius 2 is 1.16 bits per heavy atom. The molecule has 0 saturated carbocycles. The van der Waals surface area contributed by atoms with Gasteiger partial charge in [-0.3, -0.25) is 0 Å². The predicted molar refractivity (Wildman–Crippen MR) is 111 cm³/mol. The quantitative estimate of drug-likeness (QED) is 0.277. The molecule has 5 rings (SSSR count). The zero-order chi connectivity index (χ0) is 17.0. The second-order valence-electron chi connectivity index (χ2n) is 6.32. The van der Waals surface area contributed by atoms with Crippen LogP contribution in [0.15, 0.2) is 78.9 Å². The largest absolute Gasteiger partial charge is 0.499 e. The van der Waals surface area contributed by atoms with Gasteiger partial charge in [0.25, 0.3) is 0 Å². The van der Waals surface area contributed by atoms with E-state index >= 15 is 0 Å². The summed E-state index contributed by atoms with van der Waals surface area (Å²) in [5.41, 5.74) is 0.721. The Morgan fingerprint density at radius 3 is 2.00 bits per heavy atom. The Labute approximate surface area is 150 Å². The first-order valence-electron chi connectivity index (χ1n) is 8.23. The number of thiocarbonyl (C=S) groups is 1. The van der Waals surface area contributed by atoms with Crippen molar-refractivity contribution in [1.82, 2.24) is 0 Å². The van der Waals surface area contributed by atoms with Crippen LogP contribution in [0, 0.1) is 0 Å². The first-order chi connectivity index (χ1) is 12.2. The lowest BCUT2D eigenvalue weighted by molar-refractivity contribution is 0.571. The van der Waals surface area contributed by atoms with Crippen molar-refractivity contribution in [3.63, 3.8) is 0 Å². The van der Waals surface area contributed by atoms with E-state index < -0.39 is 0 Å². The topological polar surface area (TPSA) is 20.2 Å². The molecule has 0 unspecified atom stereocenters. The highest BCUT2D eigenvalue weighted by Gasteiger charge is 2.11. The van der Waals surface area contributed by atoms with Crippen molar-refractivity contribution in [1.29, 1.82) is 0 Å². The van der Waals surface area contributed by atoms with Crippen LogP contribution in [0.3, 0.4) is 0 Å². The Hall–Kier alpha value is -2.97. The van der Waals surface area contributed by atoms with Crippen LogP contribution in [0.5, 0.6) is 0 Å². The Kier molecular flexibility index (Phi) is 3.03. The minimum Gasteiger partial charge on any atom is -0.499 e. The van der Waals surface area contributed by atoms with Gasteiger partial charge in [0.15, 0.2) is 5.05 Å². The van der Waals surface area contributed by atoms with Crippen molar-refractivity contribution in [3.8, 4) is 0 Å². The fourth-order valence-electron chi connectivity index (χ4n) is 3.87. The standard InChI is InChI=1S/C23H14OS/c24-23(25)21-7-3-5-15-9-11-19-18-10-8-14-4-1-2-6-16(14)17(18)12-13-20(19)22(15)21/h1-13H,(H,24,25). The maximum atomic E-state index is 9.97. The number of aliphatic hydroxyl groups is 1. The first kappa shape index (κ1) is 14.4. The van der Waals surface area contributed by atoms with Crippen molar-refractivity contribution in [2.45, 2.75) is 0 Å². The normalized spacial score (nSPS) is 11.5. The highest BCUT2D eigenvalue weighted by molar-refractivity contribution is 7.80. The summed E-state index contributed by atoms with van der Waals surface area (Å²) in [6.07, 6.45) is 0. The van der Waals surface area contributed by atoms with Crippen LogP contribution in [0.25, 0.3) is 43.1 Å². The maximum absolute atomic E-state index is 9.97. The van der Waals surface area contributed by atoms with E-state index in [0.29, 0.717) is 0 Å². The Bertz CT molecular complexity index is 1320. The number of aliphatic hydroxyl groups excluding tert-OH is 1. The summed E-state index contributed by atoms with van der Waals surface area (Å²) in [5, 5.41) is 19.3. The maximum Gasteiger partial charge on any atom is 0.189 e. The Morgan fingerprint density at radius 1 is 0.560 bits per heavy atom. The molecular formula is C23H14OS. The summed E-state index contributed by atoms with van der Waals surface area (Å²) in [6.45, 7) is 0. The molecule has 118 valence electrons. The lowest BCUT2D eigenvalue weighted by atomic mass is 9.92. The molecule has 25 heavy (non-hydrogen) atoms. The van der Waals surface area contributed by atoms with Crippen molar-refractivity contribution in [3.05, 3.63) is 84.4 Å². The van der Waals surface area contributed by atoms with Crippen LogP contribution in [-0.2, 0) is 0 Å². The van der Waals surface area contributed by atoms with E-state index in [4.69, 9.17) is 12.2 Å². The molecule has 0 saturated heterocycles. The van der Waals surface area contributed by atoms with Gasteiger partial charge in [-0.05, 0) is 56.0 Å². The minimum atomic E-state index is -0.0586. The van der Waals surface area contributed by atoms with Gasteiger partial charge in [-0.1, -0.05) is 72.8 Å². The SMILES string of the molecule is OC(=S)c1cccc2ccc3c4ccc5ccccc5c4ccc3c12. The molecule has 0 aliphatic heterocycles. The van der Waals surface area contributed by atoms with Crippen molar-refractivity contribution in [2.24, 2.45) is 0 Å². The third-order valence-corrected chi connectivity index (χ3v) is 5.21. The van der Waals surface area contributed by atoms with Gasteiger partial charge >= 0.3 is 0 Å². The molecule has 1 nitrogen and oxygen atoms in total. The third-order valence-electron chi connectivity index (χ3n) is 4.99. The lowest BCUT2D eigenvalue weighted by Crippen LogP contribution is -1.96. The van der Waals surface area contributed by atoms with Gasteiger partial charge in [0, 0.05) is 10.9 Å². The van der Waals surface area contributed by atoms with Crippen molar-refractivity contribution < 1.29 is 5.11 Å². The molecule has 0 aromatic heterocycles. The van der Waals surface area contributed by atoms with Crippen molar-refractivity contribution >= 4 is 60.4 Å². The molecule has 1 N–H and O–H groups in total. The van der Waals surface area contributed by atoms with Gasteiger partial charge in [0.05, 0.1) is 0 Å². The smallest absolute Gasteiger partial charge is 0.189 e. The molecule has 0 fully saturated rings. The minimum absolute atomic E-state index is 0.0586. The second-order valence-corrected chi connectivity index (χ2v) is 6.70. The molecule has 0 amide bonds. The van der Waals surface area contributed by atoms with E-state index in [9.17, 15) is 5.11 Å². The molecule has 0 aliphatic rings. The van der Waals surface area contributed by atoms with E-state index in [0.717, 1.165) is 21.7 Å². The average Bonchev–Trinajstić information content (AvgIpc) is 2.66. The van der Waals surface area contributed by atoms with E-state index in [1.807, 2.05) is 12.1 Å². The van der Waals surface area contributed by atoms with Gasteiger partial charge in [-0.25, -0.2) is 0 Å². The number of fused-ring (bicyclic) bond motifs is 7. The van der Waals surface area contributed by atoms with Crippen molar-refractivity contribution in [2.75, 3.05) is 0 Å². The van der Waals surface area contributed by atoms with Crippen LogP contribution < -0.4 is 0 Å². The van der Waals surface area contributed by atoms with Gasteiger partial charge in [0.2, 0.25) is 0 Å². The van der Waals surface area contributed by atoms with Crippen LogP contribution in [0.4, 0.5) is 0 Å². The molecule has 0 spiro atoms. The van der Waals surface area contributed by atoms with Crippen LogP contribution in [0.2, 0.25) is 0 Å². The highest BCUT2D eigenvalue weighted by atomic mass is 32.1. The second kappa shape index (κ2) is 5.27. The van der Waals surface area contributed by atoms with Crippen LogP contribution in [0.1, 0.15) is 5.56 Å². The Balaban J connectivity index is 2.02. The summed E-state index contributed by atoms with van der Waals surface area (Å²) in [7, 11) is 0. The molecule has 2 heteroatoms. The van der Waals surface area contributed by atoms with E-state index in [1.165, 1.54) is 26.9 Å². The monoisotopic (exact) mass is 338 g/mol. The summed E-state index contributed by atoms with van der Waals surface area (Å²) < 4.78 is 0. The van der Waals surface area contributed by atoms with Gasteiger partial charge < -0.3 is 5.11 Å². The fourth-order valence-corrected chi connectivity index (χ4v) is 4.04. The van der Waals surface area contributed by atoms with Crippen LogP contribution >= 0.6 is 12.2 Å². The van der Waals surface area contributed by atoms with Crippen LogP contribution in [-0.4, -0.2) is 10.2 Å². The fraction of sp³-hybridized carbons (Fsp3) is 0. The summed E-state index contributed by atoms with van der Waals surface area (Å²) in [4.78, 5) is 0.